The fourth-order valence-electron chi connectivity index (χ4n) is 3.06. The first-order valence-corrected chi connectivity index (χ1v) is 9.98. The minimum absolute atomic E-state index is 0.0943. The van der Waals surface area contributed by atoms with Crippen LogP contribution in [0.15, 0.2) is 23.1 Å². The molecule has 0 bridgehead atoms. The molecule has 1 fully saturated rings. The third-order valence-electron chi connectivity index (χ3n) is 4.64. The molecule has 1 aliphatic rings. The van der Waals surface area contributed by atoms with E-state index in [0.29, 0.717) is 5.92 Å². The SMILES string of the molecule is CNS(=O)(=O)c1ccc(NCC(=O)N[C@H]2CCCC[C@@H]2C)c([N+](=O)[O-])c1. The van der Waals surface area contributed by atoms with E-state index in [0.717, 1.165) is 25.3 Å². The Balaban J connectivity index is 2.06. The molecule has 0 radical (unpaired) electrons. The van der Waals surface area contributed by atoms with Gasteiger partial charge in [-0.15, -0.1) is 0 Å². The third-order valence-corrected chi connectivity index (χ3v) is 6.05. The van der Waals surface area contributed by atoms with E-state index in [4.69, 9.17) is 0 Å². The highest BCUT2D eigenvalue weighted by Crippen LogP contribution is 2.27. The first-order valence-electron chi connectivity index (χ1n) is 8.50. The Labute approximate surface area is 152 Å². The van der Waals surface area contributed by atoms with Gasteiger partial charge in [0.25, 0.3) is 5.69 Å². The van der Waals surface area contributed by atoms with Crippen LogP contribution in [0.25, 0.3) is 0 Å². The second-order valence-electron chi connectivity index (χ2n) is 6.43. The molecule has 3 N–H and O–H groups in total. The maximum atomic E-state index is 12.1. The van der Waals surface area contributed by atoms with Crippen LogP contribution in [0.5, 0.6) is 0 Å². The van der Waals surface area contributed by atoms with Crippen molar-refractivity contribution < 1.29 is 18.1 Å². The number of hydrogen-bond acceptors (Lipinski definition) is 6. The Morgan fingerprint density at radius 2 is 2.00 bits per heavy atom. The van der Waals surface area contributed by atoms with Gasteiger partial charge in [-0.05, 0) is 37.9 Å². The lowest BCUT2D eigenvalue weighted by molar-refractivity contribution is -0.384. The van der Waals surface area contributed by atoms with Crippen LogP contribution in [0.1, 0.15) is 32.6 Å². The van der Waals surface area contributed by atoms with Gasteiger partial charge in [-0.3, -0.25) is 14.9 Å². The number of carbonyl (C=O) groups excluding carboxylic acids is 1. The molecule has 0 unspecified atom stereocenters. The van der Waals surface area contributed by atoms with Crippen molar-refractivity contribution in [3.8, 4) is 0 Å². The zero-order chi connectivity index (χ0) is 19.3. The average molecular weight is 384 g/mol. The van der Waals surface area contributed by atoms with Crippen LogP contribution in [-0.4, -0.2) is 38.9 Å². The van der Waals surface area contributed by atoms with Crippen LogP contribution in [-0.2, 0) is 14.8 Å². The van der Waals surface area contributed by atoms with Gasteiger partial charge in [-0.2, -0.15) is 0 Å². The molecule has 2 atom stereocenters. The van der Waals surface area contributed by atoms with Crippen LogP contribution in [0.3, 0.4) is 0 Å². The average Bonchev–Trinajstić information content (AvgIpc) is 2.61. The van der Waals surface area contributed by atoms with Crippen molar-refractivity contribution in [2.75, 3.05) is 18.9 Å². The number of rotatable bonds is 7. The zero-order valence-corrected chi connectivity index (χ0v) is 15.6. The molecule has 10 heteroatoms. The van der Waals surface area contributed by atoms with Gasteiger partial charge in [0.1, 0.15) is 5.69 Å². The van der Waals surface area contributed by atoms with Gasteiger partial charge in [0.15, 0.2) is 0 Å². The van der Waals surface area contributed by atoms with Crippen molar-refractivity contribution in [3.05, 3.63) is 28.3 Å². The molecule has 0 saturated heterocycles. The van der Waals surface area contributed by atoms with E-state index in [2.05, 4.69) is 22.3 Å². The summed E-state index contributed by atoms with van der Waals surface area (Å²) in [5.74, 6) is 0.165. The van der Waals surface area contributed by atoms with Crippen LogP contribution in [0.4, 0.5) is 11.4 Å². The Morgan fingerprint density at radius 3 is 2.62 bits per heavy atom. The highest BCUT2D eigenvalue weighted by molar-refractivity contribution is 7.89. The Morgan fingerprint density at radius 1 is 1.31 bits per heavy atom. The summed E-state index contributed by atoms with van der Waals surface area (Å²) in [6.07, 6.45) is 4.25. The summed E-state index contributed by atoms with van der Waals surface area (Å²) in [4.78, 5) is 22.5. The molecular weight excluding hydrogens is 360 g/mol. The first-order chi connectivity index (χ1) is 12.2. The molecule has 9 nitrogen and oxygen atoms in total. The van der Waals surface area contributed by atoms with Crippen LogP contribution >= 0.6 is 0 Å². The van der Waals surface area contributed by atoms with Crippen LogP contribution < -0.4 is 15.4 Å². The molecule has 0 aromatic heterocycles. The fraction of sp³-hybridized carbons (Fsp3) is 0.562. The molecule has 1 aromatic rings. The van der Waals surface area contributed by atoms with E-state index in [9.17, 15) is 23.3 Å². The molecule has 26 heavy (non-hydrogen) atoms. The van der Waals surface area contributed by atoms with Crippen LogP contribution in [0, 0.1) is 16.0 Å². The number of nitro groups is 1. The van der Waals surface area contributed by atoms with E-state index in [-0.39, 0.29) is 29.1 Å². The lowest BCUT2D eigenvalue weighted by Crippen LogP contribution is -2.43. The summed E-state index contributed by atoms with van der Waals surface area (Å²) >= 11 is 0. The number of nitro benzene ring substituents is 1. The normalized spacial score (nSPS) is 20.4. The summed E-state index contributed by atoms with van der Waals surface area (Å²) < 4.78 is 25.7. The quantitative estimate of drug-likeness (QED) is 0.483. The number of anilines is 1. The van der Waals surface area contributed by atoms with Crippen LogP contribution in [0.2, 0.25) is 0 Å². The number of amides is 1. The van der Waals surface area contributed by atoms with E-state index < -0.39 is 20.6 Å². The van der Waals surface area contributed by atoms with Gasteiger partial charge in [0.05, 0.1) is 16.4 Å². The van der Waals surface area contributed by atoms with Gasteiger partial charge in [0.2, 0.25) is 15.9 Å². The number of sulfonamides is 1. The van der Waals surface area contributed by atoms with E-state index in [1.807, 2.05) is 0 Å². The lowest BCUT2D eigenvalue weighted by atomic mass is 9.86. The number of nitrogens with one attached hydrogen (secondary N) is 3. The summed E-state index contributed by atoms with van der Waals surface area (Å²) in [5, 5.41) is 16.9. The molecule has 0 spiro atoms. The maximum Gasteiger partial charge on any atom is 0.293 e. The van der Waals surface area contributed by atoms with Crippen molar-refractivity contribution in [1.29, 1.82) is 0 Å². The second kappa shape index (κ2) is 8.45. The third kappa shape index (κ3) is 4.92. The Hall–Kier alpha value is -2.20. The fourth-order valence-corrected chi connectivity index (χ4v) is 3.81. The highest BCUT2D eigenvalue weighted by Gasteiger charge is 2.24. The Kier molecular flexibility index (Phi) is 6.54. The predicted octanol–water partition coefficient (Wildman–Crippen LogP) is 1.61. The molecule has 0 aliphatic heterocycles. The van der Waals surface area contributed by atoms with E-state index >= 15 is 0 Å². The molecular formula is C16H24N4O5S. The first kappa shape index (κ1) is 20.1. The van der Waals surface area contributed by atoms with E-state index in [1.54, 1.807) is 0 Å². The number of nitrogens with zero attached hydrogens (tertiary/aromatic N) is 1. The van der Waals surface area contributed by atoms with Gasteiger partial charge < -0.3 is 10.6 Å². The summed E-state index contributed by atoms with van der Waals surface area (Å²) in [7, 11) is -2.56. The van der Waals surface area contributed by atoms with Crippen molar-refractivity contribution in [2.45, 2.75) is 43.5 Å². The Bertz CT molecular complexity index is 781. The minimum Gasteiger partial charge on any atom is -0.371 e. The second-order valence-corrected chi connectivity index (χ2v) is 8.32. The zero-order valence-electron chi connectivity index (χ0n) is 14.8. The topological polar surface area (TPSA) is 130 Å². The molecule has 144 valence electrons. The molecule has 1 aliphatic carbocycles. The minimum atomic E-state index is -3.79. The van der Waals surface area contributed by atoms with Gasteiger partial charge in [-0.1, -0.05) is 19.8 Å². The van der Waals surface area contributed by atoms with Gasteiger partial charge >= 0.3 is 0 Å². The molecule has 0 heterocycles. The summed E-state index contributed by atoms with van der Waals surface area (Å²) in [5.41, 5.74) is -0.308. The van der Waals surface area contributed by atoms with Crippen molar-refractivity contribution in [2.24, 2.45) is 5.92 Å². The standard InChI is InChI=1S/C16H24N4O5S/c1-11-5-3-4-6-13(11)19-16(21)10-18-14-8-7-12(26(24,25)17-2)9-15(14)20(22)23/h7-9,11,13,17-18H,3-6,10H2,1-2H3,(H,19,21)/t11-,13-/m0/s1. The van der Waals surface area contributed by atoms with Crippen molar-refractivity contribution in [1.82, 2.24) is 10.0 Å². The largest absolute Gasteiger partial charge is 0.371 e. The molecule has 2 rings (SSSR count). The highest BCUT2D eigenvalue weighted by atomic mass is 32.2. The lowest BCUT2D eigenvalue weighted by Gasteiger charge is -2.29. The smallest absolute Gasteiger partial charge is 0.293 e. The van der Waals surface area contributed by atoms with E-state index in [1.165, 1.54) is 25.6 Å². The number of hydrogen-bond donors (Lipinski definition) is 3. The van der Waals surface area contributed by atoms with Gasteiger partial charge in [0, 0.05) is 12.1 Å². The van der Waals surface area contributed by atoms with Crippen molar-refractivity contribution in [3.63, 3.8) is 0 Å². The maximum absolute atomic E-state index is 12.1. The summed E-state index contributed by atoms with van der Waals surface area (Å²) in [6, 6.07) is 3.63. The molecule has 1 aromatic carbocycles. The number of benzene rings is 1. The molecule has 1 saturated carbocycles. The van der Waals surface area contributed by atoms with Gasteiger partial charge in [-0.25, -0.2) is 13.1 Å². The van der Waals surface area contributed by atoms with Crippen molar-refractivity contribution >= 4 is 27.3 Å². The monoisotopic (exact) mass is 384 g/mol. The summed E-state index contributed by atoms with van der Waals surface area (Å²) in [6.45, 7) is 1.98. The molecule has 1 amide bonds. The number of carbonyl (C=O) groups is 1. The predicted molar refractivity (Wildman–Crippen MR) is 97.4 cm³/mol.